The third-order valence-electron chi connectivity index (χ3n) is 7.44. The maximum absolute atomic E-state index is 12.5. The number of β-lactam (4-membered cyclic amide) rings is 1. The van der Waals surface area contributed by atoms with Gasteiger partial charge in [0.15, 0.2) is 0 Å². The molecular weight excluding hydrogens is 432 g/mol. The summed E-state index contributed by atoms with van der Waals surface area (Å²) in [5.41, 5.74) is 5.42. The summed E-state index contributed by atoms with van der Waals surface area (Å²) in [6.07, 6.45) is 2.34. The number of hydrogen-bond acceptors (Lipinski definition) is 7. The molecule has 4 rings (SSSR count). The molecule has 0 aromatic heterocycles. The topological polar surface area (TPSA) is 127 Å². The highest BCUT2D eigenvalue weighted by Crippen LogP contribution is 2.51. The summed E-state index contributed by atoms with van der Waals surface area (Å²) in [5, 5.41) is 20.1. The van der Waals surface area contributed by atoms with Crippen molar-refractivity contribution in [1.29, 1.82) is 0 Å². The average molecular weight is 467 g/mol. The fourth-order valence-corrected chi connectivity index (χ4v) is 7.35. The molecule has 178 valence electrons. The van der Waals surface area contributed by atoms with Crippen LogP contribution in [0.5, 0.6) is 0 Å². The van der Waals surface area contributed by atoms with Gasteiger partial charge >= 0.3 is 5.97 Å². The molecule has 4 aliphatic rings. The molecule has 0 radical (unpaired) electrons. The second-order valence-corrected chi connectivity index (χ2v) is 11.1. The molecule has 2 amide bonds. The molecule has 4 heterocycles. The Morgan fingerprint density at radius 3 is 2.44 bits per heavy atom. The standard InChI is InChI=1S/C22H34N4O5S/c1-12-18-17(13(2)27)21(29)26(18)19(22(30)31)20(12)32-15-5-8-25(10-15)9-14-3-6-24(7-4-14)11-16(23)28/h12-15,17-18,27H,3-11H2,1-2H3,(H2,23,28)(H,30,31)/t12-,13-,15?,17-,18-/m1/s1. The zero-order valence-electron chi connectivity index (χ0n) is 18.8. The lowest BCUT2D eigenvalue weighted by Gasteiger charge is -2.46. The van der Waals surface area contributed by atoms with Gasteiger partial charge in [0.05, 0.1) is 24.6 Å². The first-order valence-corrected chi connectivity index (χ1v) is 12.4. The zero-order chi connectivity index (χ0) is 23.2. The third-order valence-corrected chi connectivity index (χ3v) is 8.97. The van der Waals surface area contributed by atoms with Crippen molar-refractivity contribution in [2.75, 3.05) is 39.3 Å². The Morgan fingerprint density at radius 1 is 1.19 bits per heavy atom. The van der Waals surface area contributed by atoms with Crippen LogP contribution in [0, 0.1) is 17.8 Å². The van der Waals surface area contributed by atoms with E-state index in [-0.39, 0.29) is 29.5 Å². The summed E-state index contributed by atoms with van der Waals surface area (Å²) in [5.74, 6) is -1.60. The SMILES string of the molecule is C[C@@H](O)[C@H]1C(=O)N2C(C(=O)O)=C(SC3CCN(CC4CCN(CC(N)=O)CC4)C3)[C@H](C)[C@H]12. The van der Waals surface area contributed by atoms with Gasteiger partial charge in [-0.25, -0.2) is 4.79 Å². The van der Waals surface area contributed by atoms with Crippen molar-refractivity contribution in [2.24, 2.45) is 23.5 Å². The van der Waals surface area contributed by atoms with Crippen LogP contribution in [0.3, 0.4) is 0 Å². The van der Waals surface area contributed by atoms with Crippen molar-refractivity contribution in [1.82, 2.24) is 14.7 Å². The van der Waals surface area contributed by atoms with E-state index in [1.54, 1.807) is 18.7 Å². The number of nitrogens with two attached hydrogens (primary N) is 1. The molecule has 32 heavy (non-hydrogen) atoms. The Kier molecular flexibility index (Phi) is 6.86. The number of hydrogen-bond donors (Lipinski definition) is 3. The largest absolute Gasteiger partial charge is 0.477 e. The van der Waals surface area contributed by atoms with E-state index in [2.05, 4.69) is 9.80 Å². The first-order valence-electron chi connectivity index (χ1n) is 11.6. The van der Waals surface area contributed by atoms with E-state index >= 15 is 0 Å². The van der Waals surface area contributed by atoms with Crippen LogP contribution in [-0.2, 0) is 14.4 Å². The van der Waals surface area contributed by atoms with Crippen LogP contribution in [0.25, 0.3) is 0 Å². The first-order chi connectivity index (χ1) is 15.2. The summed E-state index contributed by atoms with van der Waals surface area (Å²) in [6, 6.07) is -0.251. The smallest absolute Gasteiger partial charge is 0.353 e. The number of nitrogens with zero attached hydrogens (tertiary/aromatic N) is 3. The van der Waals surface area contributed by atoms with Crippen molar-refractivity contribution >= 4 is 29.5 Å². The predicted octanol–water partition coefficient (Wildman–Crippen LogP) is 0.145. The fourth-order valence-electron chi connectivity index (χ4n) is 5.83. The molecule has 4 N–H and O–H groups in total. The molecule has 3 saturated heterocycles. The molecule has 9 nitrogen and oxygen atoms in total. The Labute approximate surface area is 193 Å². The number of carbonyl (C=O) groups excluding carboxylic acids is 2. The number of aliphatic hydroxyl groups excluding tert-OH is 1. The van der Waals surface area contributed by atoms with Crippen LogP contribution >= 0.6 is 11.8 Å². The molecule has 0 bridgehead atoms. The maximum Gasteiger partial charge on any atom is 0.353 e. The molecule has 0 aliphatic carbocycles. The van der Waals surface area contributed by atoms with E-state index < -0.39 is 18.0 Å². The van der Waals surface area contributed by atoms with E-state index in [1.165, 1.54) is 4.90 Å². The lowest BCUT2D eigenvalue weighted by Crippen LogP contribution is -2.63. The lowest BCUT2D eigenvalue weighted by atomic mass is 9.79. The van der Waals surface area contributed by atoms with Gasteiger partial charge in [0, 0.05) is 29.2 Å². The number of fused-ring (bicyclic) bond motifs is 1. The first kappa shape index (κ1) is 23.5. The maximum atomic E-state index is 12.5. The van der Waals surface area contributed by atoms with E-state index in [9.17, 15) is 24.6 Å². The number of rotatable bonds is 8. The third kappa shape index (κ3) is 4.42. The number of likely N-dealkylation sites (tertiary alicyclic amines) is 2. The van der Waals surface area contributed by atoms with Crippen LogP contribution in [0.2, 0.25) is 0 Å². The number of amides is 2. The minimum absolute atomic E-state index is 0.0768. The number of piperidine rings is 1. The minimum Gasteiger partial charge on any atom is -0.477 e. The Morgan fingerprint density at radius 2 is 1.84 bits per heavy atom. The van der Waals surface area contributed by atoms with Gasteiger partial charge in [0.1, 0.15) is 5.70 Å². The minimum atomic E-state index is -1.06. The highest BCUT2D eigenvalue weighted by molar-refractivity contribution is 8.03. The lowest BCUT2D eigenvalue weighted by molar-refractivity contribution is -0.163. The van der Waals surface area contributed by atoms with Gasteiger partial charge in [-0.3, -0.25) is 14.5 Å². The quantitative estimate of drug-likeness (QED) is 0.431. The van der Waals surface area contributed by atoms with Crippen molar-refractivity contribution in [3.8, 4) is 0 Å². The monoisotopic (exact) mass is 466 g/mol. The highest BCUT2D eigenvalue weighted by Gasteiger charge is 2.60. The summed E-state index contributed by atoms with van der Waals surface area (Å²) >= 11 is 1.62. The van der Waals surface area contributed by atoms with Crippen LogP contribution < -0.4 is 5.73 Å². The second kappa shape index (κ2) is 9.32. The molecule has 10 heteroatoms. The molecule has 5 atom stereocenters. The Bertz CT molecular complexity index is 810. The summed E-state index contributed by atoms with van der Waals surface area (Å²) in [6.45, 7) is 8.66. The zero-order valence-corrected chi connectivity index (χ0v) is 19.6. The number of carbonyl (C=O) groups is 3. The van der Waals surface area contributed by atoms with E-state index in [0.717, 1.165) is 56.9 Å². The number of carboxylic acids is 1. The normalized spacial score (nSPS) is 32.8. The average Bonchev–Trinajstić information content (AvgIpc) is 3.24. The van der Waals surface area contributed by atoms with Crippen molar-refractivity contribution in [3.05, 3.63) is 10.6 Å². The van der Waals surface area contributed by atoms with Crippen molar-refractivity contribution < 1.29 is 24.6 Å². The molecule has 3 fully saturated rings. The van der Waals surface area contributed by atoms with Gasteiger partial charge in [-0.1, -0.05) is 6.92 Å². The van der Waals surface area contributed by atoms with Gasteiger partial charge in [-0.05, 0) is 51.7 Å². The van der Waals surface area contributed by atoms with Crippen LogP contribution in [-0.4, -0.2) is 99.4 Å². The van der Waals surface area contributed by atoms with Gasteiger partial charge in [0.2, 0.25) is 11.8 Å². The fraction of sp³-hybridized carbons (Fsp3) is 0.773. The highest BCUT2D eigenvalue weighted by atomic mass is 32.2. The van der Waals surface area contributed by atoms with E-state index in [1.807, 2.05) is 6.92 Å². The summed E-state index contributed by atoms with van der Waals surface area (Å²) in [4.78, 5) is 42.4. The van der Waals surface area contributed by atoms with Gasteiger partial charge in [-0.15, -0.1) is 11.8 Å². The Hall–Kier alpha value is -1.62. The van der Waals surface area contributed by atoms with Crippen molar-refractivity contribution in [3.63, 3.8) is 0 Å². The second-order valence-electron chi connectivity index (χ2n) is 9.75. The molecule has 0 saturated carbocycles. The van der Waals surface area contributed by atoms with Crippen molar-refractivity contribution in [2.45, 2.75) is 50.5 Å². The number of carboxylic acid groups (broad SMARTS) is 1. The van der Waals surface area contributed by atoms with E-state index in [0.29, 0.717) is 17.7 Å². The van der Waals surface area contributed by atoms with Crippen LogP contribution in [0.15, 0.2) is 10.6 Å². The summed E-state index contributed by atoms with van der Waals surface area (Å²) < 4.78 is 0. The van der Waals surface area contributed by atoms with Gasteiger partial charge in [0.25, 0.3) is 0 Å². The molecule has 4 aliphatic heterocycles. The molecule has 0 aromatic carbocycles. The number of thioether (sulfide) groups is 1. The molecule has 0 aromatic rings. The van der Waals surface area contributed by atoms with Gasteiger partial charge < -0.3 is 25.7 Å². The van der Waals surface area contributed by atoms with Crippen LogP contribution in [0.1, 0.15) is 33.1 Å². The number of aliphatic carboxylic acids is 1. The predicted molar refractivity (Wildman–Crippen MR) is 120 cm³/mol. The van der Waals surface area contributed by atoms with Gasteiger partial charge in [-0.2, -0.15) is 0 Å². The Balaban J connectivity index is 1.33. The molecule has 1 unspecified atom stereocenters. The molecule has 0 spiro atoms. The number of primary amides is 1. The molecular formula is C22H34N4O5S. The number of aliphatic hydroxyl groups is 1. The summed E-state index contributed by atoms with van der Waals surface area (Å²) in [7, 11) is 0. The van der Waals surface area contributed by atoms with E-state index in [4.69, 9.17) is 5.73 Å². The van der Waals surface area contributed by atoms with Crippen LogP contribution in [0.4, 0.5) is 0 Å².